The molecule has 0 bridgehead atoms. The van der Waals surface area contributed by atoms with Crippen LogP contribution >= 0.6 is 11.3 Å². The topological polar surface area (TPSA) is 46.3 Å². The second-order valence-electron chi connectivity index (χ2n) is 15.2. The minimum atomic E-state index is -0.297. The first-order chi connectivity index (χ1) is 18.0. The zero-order valence-corrected chi connectivity index (χ0v) is 26.1. The van der Waals surface area contributed by atoms with Crippen molar-refractivity contribution in [1.29, 1.82) is 0 Å². The van der Waals surface area contributed by atoms with Crippen LogP contribution in [0, 0.1) is 0 Å². The van der Waals surface area contributed by atoms with Crippen LogP contribution in [-0.4, -0.2) is 18.1 Å². The summed E-state index contributed by atoms with van der Waals surface area (Å²) in [6, 6.07) is 8.91. The maximum atomic E-state index is 13.7. The summed E-state index contributed by atoms with van der Waals surface area (Å²) in [5.41, 5.74) is 8.36. The second kappa shape index (κ2) is 8.19. The number of hydrogen-bond donors (Lipinski definition) is 0. The largest absolute Gasteiger partial charge is 0.422 e. The van der Waals surface area contributed by atoms with Gasteiger partial charge in [-0.25, -0.2) is 9.78 Å². The summed E-state index contributed by atoms with van der Waals surface area (Å²) >= 11 is 1.60. The van der Waals surface area contributed by atoms with Crippen LogP contribution in [-0.2, 0) is 21.7 Å². The summed E-state index contributed by atoms with van der Waals surface area (Å²) in [5, 5.41) is 1.75. The Morgan fingerprint density at radius 2 is 1.56 bits per heavy atom. The van der Waals surface area contributed by atoms with Crippen LogP contribution in [0.15, 0.2) is 33.5 Å². The van der Waals surface area contributed by atoms with E-state index in [1.807, 2.05) is 0 Å². The average molecular weight is 543 g/mol. The van der Waals surface area contributed by atoms with Crippen molar-refractivity contribution in [2.24, 2.45) is 0 Å². The Balaban J connectivity index is 1.63. The smallest absolute Gasteiger partial charge is 0.346 e. The molecule has 0 amide bonds. The van der Waals surface area contributed by atoms with E-state index < -0.39 is 0 Å². The molecule has 39 heavy (non-hydrogen) atoms. The highest BCUT2D eigenvalue weighted by Crippen LogP contribution is 2.52. The maximum Gasteiger partial charge on any atom is 0.346 e. The van der Waals surface area contributed by atoms with Crippen LogP contribution < -0.4 is 10.5 Å². The lowest BCUT2D eigenvalue weighted by Crippen LogP contribution is -2.44. The number of aromatic nitrogens is 1. The predicted molar refractivity (Wildman–Crippen MR) is 166 cm³/mol. The fraction of sp³-hybridized carbons (Fsp3) is 0.529. The number of rotatable bonds is 1. The summed E-state index contributed by atoms with van der Waals surface area (Å²) in [6.07, 6.45) is 2.17. The molecule has 4 aromatic rings. The molecule has 4 heterocycles. The Labute approximate surface area is 236 Å². The van der Waals surface area contributed by atoms with Gasteiger partial charge in [-0.05, 0) is 69.4 Å². The van der Waals surface area contributed by atoms with Gasteiger partial charge in [0.1, 0.15) is 10.6 Å². The van der Waals surface area contributed by atoms with Gasteiger partial charge in [0.15, 0.2) is 0 Å². The SMILES string of the molecule is CC(C)(C)c1cc(C(C)(C)C)c2nc(-c3cc4cc5c6c(c4oc3=O)C(C)(C)CCN6CCC5(C)C)sc2c1. The minimum absolute atomic E-state index is 0.0221. The highest BCUT2D eigenvalue weighted by Gasteiger charge is 2.42. The fourth-order valence-corrected chi connectivity index (χ4v) is 7.49. The van der Waals surface area contributed by atoms with E-state index in [-0.39, 0.29) is 27.3 Å². The Morgan fingerprint density at radius 1 is 0.897 bits per heavy atom. The number of fused-ring (bicyclic) bond motifs is 3. The third-order valence-corrected chi connectivity index (χ3v) is 10.2. The minimum Gasteiger partial charge on any atom is -0.422 e. The molecule has 0 saturated heterocycles. The Hall–Kier alpha value is -2.66. The number of thiazole rings is 1. The molecular weight excluding hydrogens is 500 g/mol. The molecule has 0 aliphatic carbocycles. The first kappa shape index (κ1) is 26.6. The lowest BCUT2D eigenvalue weighted by atomic mass is 9.69. The van der Waals surface area contributed by atoms with E-state index in [0.29, 0.717) is 5.56 Å². The van der Waals surface area contributed by atoms with Crippen LogP contribution in [0.1, 0.15) is 104 Å². The van der Waals surface area contributed by atoms with Crippen LogP contribution in [0.25, 0.3) is 31.8 Å². The van der Waals surface area contributed by atoms with Crippen LogP contribution in [0.2, 0.25) is 0 Å². The zero-order valence-electron chi connectivity index (χ0n) is 25.3. The van der Waals surface area contributed by atoms with Gasteiger partial charge >= 0.3 is 5.63 Å². The first-order valence-corrected chi connectivity index (χ1v) is 15.2. The number of hydrogen-bond acceptors (Lipinski definition) is 5. The van der Waals surface area contributed by atoms with E-state index in [1.165, 1.54) is 27.9 Å². The Kier molecular flexibility index (Phi) is 5.58. The van der Waals surface area contributed by atoms with Gasteiger partial charge < -0.3 is 9.32 Å². The van der Waals surface area contributed by atoms with Crippen LogP contribution in [0.4, 0.5) is 5.69 Å². The third kappa shape index (κ3) is 4.15. The molecule has 4 nitrogen and oxygen atoms in total. The number of nitrogens with zero attached hydrogens (tertiary/aromatic N) is 2. The van der Waals surface area contributed by atoms with Crippen molar-refractivity contribution in [3.63, 3.8) is 0 Å². The first-order valence-electron chi connectivity index (χ1n) is 14.3. The predicted octanol–water partition coefficient (Wildman–Crippen LogP) is 8.83. The molecule has 6 rings (SSSR count). The molecule has 2 aliphatic heterocycles. The molecular formula is C34H42N2O2S. The van der Waals surface area contributed by atoms with Crippen molar-refractivity contribution >= 4 is 38.2 Å². The second-order valence-corrected chi connectivity index (χ2v) is 16.2. The van der Waals surface area contributed by atoms with Gasteiger partial charge in [0, 0.05) is 29.7 Å². The molecule has 5 heteroatoms. The van der Waals surface area contributed by atoms with E-state index in [4.69, 9.17) is 9.40 Å². The monoisotopic (exact) mass is 542 g/mol. The summed E-state index contributed by atoms with van der Waals surface area (Å²) in [6.45, 7) is 24.8. The molecule has 2 aliphatic rings. The zero-order chi connectivity index (χ0) is 28.3. The molecule has 0 radical (unpaired) electrons. The molecule has 206 valence electrons. The highest BCUT2D eigenvalue weighted by molar-refractivity contribution is 7.21. The summed E-state index contributed by atoms with van der Waals surface area (Å²) in [5.74, 6) is 0. The van der Waals surface area contributed by atoms with E-state index in [9.17, 15) is 4.79 Å². The molecule has 0 fully saturated rings. The molecule has 0 spiro atoms. The number of benzene rings is 2. The Bertz CT molecular complexity index is 1700. The van der Waals surface area contributed by atoms with E-state index in [0.717, 1.165) is 52.1 Å². The number of anilines is 1. The quantitative estimate of drug-likeness (QED) is 0.225. The van der Waals surface area contributed by atoms with Crippen molar-refractivity contribution in [3.8, 4) is 10.6 Å². The van der Waals surface area contributed by atoms with Crippen molar-refractivity contribution in [1.82, 2.24) is 4.98 Å². The molecule has 2 aromatic carbocycles. The van der Waals surface area contributed by atoms with Crippen LogP contribution in [0.5, 0.6) is 0 Å². The van der Waals surface area contributed by atoms with Gasteiger partial charge in [0.25, 0.3) is 0 Å². The summed E-state index contributed by atoms with van der Waals surface area (Å²) in [4.78, 5) is 21.3. The lowest BCUT2D eigenvalue weighted by Gasteiger charge is -2.48. The van der Waals surface area contributed by atoms with Gasteiger partial charge in [-0.1, -0.05) is 75.3 Å². The van der Waals surface area contributed by atoms with E-state index in [2.05, 4.69) is 98.4 Å². The normalized spacial score (nSPS) is 18.6. The molecule has 0 N–H and O–H groups in total. The van der Waals surface area contributed by atoms with Gasteiger partial charge in [-0.2, -0.15) is 0 Å². The Morgan fingerprint density at radius 3 is 2.21 bits per heavy atom. The van der Waals surface area contributed by atoms with Gasteiger partial charge in [0.05, 0.1) is 15.8 Å². The van der Waals surface area contributed by atoms with E-state index >= 15 is 0 Å². The standard InChI is InChI=1S/C34H42N2O2S/c1-31(2,3)20-17-22(32(4,5)6)26-24(18-20)39-29(35-26)21-15-19-16-23-27-25(28(19)38-30(21)37)34(9,10)12-14-36(27)13-11-33(23,7)8/h15-18H,11-14H2,1-10H3. The summed E-state index contributed by atoms with van der Waals surface area (Å²) in [7, 11) is 0. The maximum absolute atomic E-state index is 13.7. The highest BCUT2D eigenvalue weighted by atomic mass is 32.1. The van der Waals surface area contributed by atoms with Gasteiger partial charge in [-0.15, -0.1) is 11.3 Å². The summed E-state index contributed by atoms with van der Waals surface area (Å²) < 4.78 is 7.40. The van der Waals surface area contributed by atoms with Crippen molar-refractivity contribution in [2.75, 3.05) is 18.0 Å². The van der Waals surface area contributed by atoms with Gasteiger partial charge in [-0.3, -0.25) is 0 Å². The molecule has 0 saturated carbocycles. The van der Waals surface area contributed by atoms with Crippen molar-refractivity contribution < 1.29 is 4.42 Å². The van der Waals surface area contributed by atoms with E-state index in [1.54, 1.807) is 11.3 Å². The molecule has 0 unspecified atom stereocenters. The van der Waals surface area contributed by atoms with Gasteiger partial charge in [0.2, 0.25) is 0 Å². The van der Waals surface area contributed by atoms with Crippen molar-refractivity contribution in [2.45, 2.75) is 104 Å². The van der Waals surface area contributed by atoms with Crippen molar-refractivity contribution in [3.05, 3.63) is 56.9 Å². The average Bonchev–Trinajstić information content (AvgIpc) is 3.24. The lowest BCUT2D eigenvalue weighted by molar-refractivity contribution is 0.398. The van der Waals surface area contributed by atoms with Crippen LogP contribution in [0.3, 0.4) is 0 Å². The third-order valence-electron chi connectivity index (χ3n) is 9.13. The fourth-order valence-electron chi connectivity index (χ4n) is 6.45. The molecule has 2 aromatic heterocycles. The molecule has 0 atom stereocenters.